The highest BCUT2D eigenvalue weighted by atomic mass is 35.5. The predicted octanol–water partition coefficient (Wildman–Crippen LogP) is 2.04. The number of hydrogen-bond donors (Lipinski definition) is 2. The van der Waals surface area contributed by atoms with Crippen molar-refractivity contribution in [2.24, 2.45) is 12.2 Å². The van der Waals surface area contributed by atoms with Crippen LogP contribution >= 0.6 is 11.6 Å². The molecule has 3 rings (SSSR count). The molecule has 2 aromatic carbocycles. The SMILES string of the molecule is Cc1c(NC(=O)c2ccc(Cl)c(S(N)(=O)=O)c2)c(=O)n(-c2ccccc2)n1C. The lowest BCUT2D eigenvalue weighted by Crippen LogP contribution is -2.23. The summed E-state index contributed by atoms with van der Waals surface area (Å²) in [5.41, 5.74) is 0.843. The zero-order chi connectivity index (χ0) is 20.6. The fourth-order valence-corrected chi connectivity index (χ4v) is 3.83. The van der Waals surface area contributed by atoms with Crippen molar-refractivity contribution in [3.05, 3.63) is 75.2 Å². The number of aromatic nitrogens is 2. The molecule has 8 nitrogen and oxygen atoms in total. The number of carbonyl (C=O) groups is 1. The van der Waals surface area contributed by atoms with E-state index in [1.54, 1.807) is 42.9 Å². The van der Waals surface area contributed by atoms with Crippen LogP contribution in [0.3, 0.4) is 0 Å². The Bertz CT molecular complexity index is 1230. The number of para-hydroxylation sites is 1. The van der Waals surface area contributed by atoms with Gasteiger partial charge in [-0.2, -0.15) is 0 Å². The van der Waals surface area contributed by atoms with Gasteiger partial charge in [-0.25, -0.2) is 18.2 Å². The van der Waals surface area contributed by atoms with E-state index in [0.29, 0.717) is 11.4 Å². The standard InChI is InChI=1S/C18H17ClN4O4S/c1-11-16(18(25)23(22(11)2)13-6-4-3-5-7-13)21-17(24)12-8-9-14(19)15(10-12)28(20,26)27/h3-10H,1-2H3,(H,21,24)(H2,20,26,27). The van der Waals surface area contributed by atoms with Gasteiger partial charge < -0.3 is 5.32 Å². The molecule has 1 aromatic heterocycles. The monoisotopic (exact) mass is 420 g/mol. The minimum Gasteiger partial charge on any atom is -0.316 e. The third-order valence-corrected chi connectivity index (χ3v) is 5.69. The van der Waals surface area contributed by atoms with Gasteiger partial charge in [0.1, 0.15) is 10.6 Å². The van der Waals surface area contributed by atoms with E-state index in [2.05, 4.69) is 5.32 Å². The first-order valence-electron chi connectivity index (χ1n) is 8.09. The normalized spacial score (nSPS) is 11.4. The third kappa shape index (κ3) is 3.59. The van der Waals surface area contributed by atoms with Crippen molar-refractivity contribution in [2.75, 3.05) is 5.32 Å². The molecule has 0 bridgehead atoms. The molecule has 146 valence electrons. The Morgan fingerprint density at radius 3 is 2.39 bits per heavy atom. The Kier molecular flexibility index (Phi) is 5.16. The highest BCUT2D eigenvalue weighted by Crippen LogP contribution is 2.22. The molecule has 0 aliphatic heterocycles. The quantitative estimate of drug-likeness (QED) is 0.671. The van der Waals surface area contributed by atoms with Gasteiger partial charge in [0.2, 0.25) is 10.0 Å². The van der Waals surface area contributed by atoms with Gasteiger partial charge >= 0.3 is 0 Å². The molecule has 3 N–H and O–H groups in total. The van der Waals surface area contributed by atoms with Gasteiger partial charge in [-0.1, -0.05) is 29.8 Å². The van der Waals surface area contributed by atoms with Crippen LogP contribution in [0.2, 0.25) is 5.02 Å². The first-order chi connectivity index (χ1) is 13.1. The number of halogens is 1. The van der Waals surface area contributed by atoms with Crippen LogP contribution in [0.4, 0.5) is 5.69 Å². The number of nitrogens with one attached hydrogen (secondary N) is 1. The minimum atomic E-state index is -4.10. The summed E-state index contributed by atoms with van der Waals surface area (Å²) < 4.78 is 26.2. The summed E-state index contributed by atoms with van der Waals surface area (Å²) in [6.07, 6.45) is 0. The molecule has 1 heterocycles. The summed E-state index contributed by atoms with van der Waals surface area (Å²) in [5, 5.41) is 7.57. The maximum atomic E-state index is 12.8. The minimum absolute atomic E-state index is 0.00217. The van der Waals surface area contributed by atoms with Crippen LogP contribution in [0.5, 0.6) is 0 Å². The Morgan fingerprint density at radius 1 is 1.14 bits per heavy atom. The first-order valence-corrected chi connectivity index (χ1v) is 10.0. The molecular formula is C18H17ClN4O4S. The molecule has 0 saturated heterocycles. The van der Waals surface area contributed by atoms with Crippen LogP contribution in [0.15, 0.2) is 58.2 Å². The predicted molar refractivity (Wildman–Crippen MR) is 107 cm³/mol. The molecule has 3 aromatic rings. The van der Waals surface area contributed by atoms with Crippen molar-refractivity contribution in [3.8, 4) is 5.69 Å². The summed E-state index contributed by atoms with van der Waals surface area (Å²) >= 11 is 5.84. The molecule has 0 spiro atoms. The lowest BCUT2D eigenvalue weighted by molar-refractivity contribution is 0.102. The molecule has 28 heavy (non-hydrogen) atoms. The molecule has 0 saturated carbocycles. The van der Waals surface area contributed by atoms with E-state index in [9.17, 15) is 18.0 Å². The van der Waals surface area contributed by atoms with Crippen LogP contribution in [0, 0.1) is 6.92 Å². The largest absolute Gasteiger partial charge is 0.316 e. The molecule has 0 unspecified atom stereocenters. The van der Waals surface area contributed by atoms with E-state index >= 15 is 0 Å². The van der Waals surface area contributed by atoms with Crippen LogP contribution in [-0.2, 0) is 17.1 Å². The van der Waals surface area contributed by atoms with Crippen molar-refractivity contribution in [3.63, 3.8) is 0 Å². The van der Waals surface area contributed by atoms with E-state index in [-0.39, 0.29) is 21.2 Å². The molecule has 0 fully saturated rings. The molecule has 0 aliphatic carbocycles. The Hall–Kier alpha value is -2.88. The van der Waals surface area contributed by atoms with Gasteiger partial charge in [-0.05, 0) is 37.3 Å². The summed E-state index contributed by atoms with van der Waals surface area (Å²) in [6.45, 7) is 1.69. The van der Waals surface area contributed by atoms with Gasteiger partial charge in [0.25, 0.3) is 11.5 Å². The van der Waals surface area contributed by atoms with Crippen LogP contribution in [0.25, 0.3) is 5.69 Å². The van der Waals surface area contributed by atoms with Gasteiger partial charge in [-0.3, -0.25) is 14.3 Å². The number of amides is 1. The van der Waals surface area contributed by atoms with E-state index in [4.69, 9.17) is 16.7 Å². The van der Waals surface area contributed by atoms with Gasteiger partial charge in [0.15, 0.2) is 0 Å². The van der Waals surface area contributed by atoms with Crippen molar-refractivity contribution in [2.45, 2.75) is 11.8 Å². The highest BCUT2D eigenvalue weighted by molar-refractivity contribution is 7.89. The molecular weight excluding hydrogens is 404 g/mol. The van der Waals surface area contributed by atoms with Crippen molar-refractivity contribution >= 4 is 33.2 Å². The molecule has 1 amide bonds. The summed E-state index contributed by atoms with van der Waals surface area (Å²) in [4.78, 5) is 25.1. The number of benzene rings is 2. The van der Waals surface area contributed by atoms with Crippen LogP contribution in [0.1, 0.15) is 16.1 Å². The molecule has 0 radical (unpaired) electrons. The fourth-order valence-electron chi connectivity index (χ4n) is 2.76. The van der Waals surface area contributed by atoms with Gasteiger partial charge in [0, 0.05) is 12.6 Å². The van der Waals surface area contributed by atoms with E-state index < -0.39 is 21.5 Å². The maximum Gasteiger partial charge on any atom is 0.295 e. The van der Waals surface area contributed by atoms with Gasteiger partial charge in [0.05, 0.1) is 16.4 Å². The maximum absolute atomic E-state index is 12.8. The van der Waals surface area contributed by atoms with Crippen LogP contribution < -0.4 is 16.0 Å². The third-order valence-electron chi connectivity index (χ3n) is 4.29. The van der Waals surface area contributed by atoms with Crippen LogP contribution in [-0.4, -0.2) is 23.7 Å². The second-order valence-electron chi connectivity index (χ2n) is 6.08. The van der Waals surface area contributed by atoms with E-state index in [1.165, 1.54) is 16.8 Å². The number of nitrogens with two attached hydrogens (primary N) is 1. The Labute approximate surface area is 166 Å². The van der Waals surface area contributed by atoms with Crippen molar-refractivity contribution in [1.82, 2.24) is 9.36 Å². The highest BCUT2D eigenvalue weighted by Gasteiger charge is 2.21. The Morgan fingerprint density at radius 2 is 1.79 bits per heavy atom. The summed E-state index contributed by atoms with van der Waals surface area (Å²) in [6, 6.07) is 12.6. The zero-order valence-corrected chi connectivity index (χ0v) is 16.6. The number of primary sulfonamides is 1. The molecule has 10 heteroatoms. The van der Waals surface area contributed by atoms with E-state index in [1.807, 2.05) is 6.07 Å². The van der Waals surface area contributed by atoms with E-state index in [0.717, 1.165) is 6.07 Å². The lowest BCUT2D eigenvalue weighted by Gasteiger charge is -2.07. The average molecular weight is 421 g/mol. The first kappa shape index (κ1) is 19.9. The second-order valence-corrected chi connectivity index (χ2v) is 8.02. The fraction of sp³-hybridized carbons (Fsp3) is 0.111. The topological polar surface area (TPSA) is 116 Å². The van der Waals surface area contributed by atoms with Gasteiger partial charge in [-0.15, -0.1) is 0 Å². The molecule has 0 aliphatic rings. The number of hydrogen-bond acceptors (Lipinski definition) is 4. The Balaban J connectivity index is 2.02. The van der Waals surface area contributed by atoms with Crippen molar-refractivity contribution in [1.29, 1.82) is 0 Å². The number of nitrogens with zero attached hydrogens (tertiary/aromatic N) is 2. The second kappa shape index (κ2) is 7.27. The molecule has 0 atom stereocenters. The smallest absolute Gasteiger partial charge is 0.295 e. The number of rotatable bonds is 4. The summed E-state index contributed by atoms with van der Waals surface area (Å²) in [7, 11) is -2.40. The lowest BCUT2D eigenvalue weighted by atomic mass is 10.2. The summed E-state index contributed by atoms with van der Waals surface area (Å²) in [5.74, 6) is -0.660. The number of carbonyl (C=O) groups excluding carboxylic acids is 1. The average Bonchev–Trinajstić information content (AvgIpc) is 2.85. The van der Waals surface area contributed by atoms with Crippen molar-refractivity contribution < 1.29 is 13.2 Å². The number of anilines is 1. The number of sulfonamides is 1. The zero-order valence-electron chi connectivity index (χ0n) is 15.0.